The minimum atomic E-state index is -0.787. The van der Waals surface area contributed by atoms with Gasteiger partial charge < -0.3 is 15.6 Å². The fraction of sp³-hybridized carbons (Fsp3) is 0.500. The van der Waals surface area contributed by atoms with Crippen LogP contribution in [0.2, 0.25) is 0 Å². The van der Waals surface area contributed by atoms with E-state index in [9.17, 15) is 5.11 Å². The summed E-state index contributed by atoms with van der Waals surface area (Å²) in [6.45, 7) is 2.77. The number of ether oxygens (including phenoxy) is 1. The van der Waals surface area contributed by atoms with Crippen LogP contribution in [0.15, 0.2) is 30.3 Å². The number of nitrogens with two attached hydrogens (primary N) is 1. The van der Waals surface area contributed by atoms with Crippen molar-refractivity contribution >= 4 is 0 Å². The predicted molar refractivity (Wildman–Crippen MR) is 61.8 cm³/mol. The van der Waals surface area contributed by atoms with Crippen LogP contribution in [0.3, 0.4) is 0 Å². The van der Waals surface area contributed by atoms with Crippen LogP contribution < -0.4 is 5.73 Å². The molecule has 0 spiro atoms. The summed E-state index contributed by atoms with van der Waals surface area (Å²) in [5.41, 5.74) is 6.47. The van der Waals surface area contributed by atoms with Crippen molar-refractivity contribution in [3.63, 3.8) is 0 Å². The van der Waals surface area contributed by atoms with Crippen molar-refractivity contribution in [3.8, 4) is 0 Å². The van der Waals surface area contributed by atoms with E-state index in [0.29, 0.717) is 13.2 Å². The second-order valence-corrected chi connectivity index (χ2v) is 4.05. The molecule has 1 saturated heterocycles. The van der Waals surface area contributed by atoms with E-state index in [1.165, 1.54) is 0 Å². The first kappa shape index (κ1) is 11.5. The molecule has 16 heavy (non-hydrogen) atoms. The molecule has 0 radical (unpaired) electrons. The molecule has 1 aliphatic heterocycles. The summed E-state index contributed by atoms with van der Waals surface area (Å²) < 4.78 is 5.30. The quantitative estimate of drug-likeness (QED) is 0.763. The average molecular weight is 222 g/mol. The first-order valence-electron chi connectivity index (χ1n) is 5.55. The molecule has 0 amide bonds. The zero-order valence-corrected chi connectivity index (χ0v) is 9.30. The average Bonchev–Trinajstić information content (AvgIpc) is 2.40. The summed E-state index contributed by atoms with van der Waals surface area (Å²) in [4.78, 5) is 2.08. The van der Waals surface area contributed by atoms with Crippen LogP contribution in [0.5, 0.6) is 0 Å². The lowest BCUT2D eigenvalue weighted by molar-refractivity contribution is -0.0449. The zero-order chi connectivity index (χ0) is 11.4. The molecule has 2 rings (SSSR count). The number of nitrogens with zero attached hydrogens (tertiary/aromatic N) is 1. The fourth-order valence-corrected chi connectivity index (χ4v) is 2.06. The lowest BCUT2D eigenvalue weighted by atomic mass is 9.99. The Kier molecular flexibility index (Phi) is 3.56. The maximum atomic E-state index is 9.58. The number of morpholine rings is 1. The van der Waals surface area contributed by atoms with Crippen LogP contribution in [-0.4, -0.2) is 42.9 Å². The first-order chi connectivity index (χ1) is 7.77. The molecule has 0 aromatic heterocycles. The molecule has 3 N–H and O–H groups in total. The summed E-state index contributed by atoms with van der Waals surface area (Å²) in [6.07, 6.45) is 0. The van der Waals surface area contributed by atoms with Crippen molar-refractivity contribution in [2.75, 3.05) is 32.9 Å². The maximum Gasteiger partial charge on any atom is 0.119 e. The van der Waals surface area contributed by atoms with E-state index in [1.807, 2.05) is 30.3 Å². The summed E-state index contributed by atoms with van der Waals surface area (Å²) in [7, 11) is 0. The molecule has 1 atom stereocenters. The summed E-state index contributed by atoms with van der Waals surface area (Å²) in [5.74, 6) is 0. The molecule has 1 aromatic carbocycles. The molecule has 0 saturated carbocycles. The molecule has 1 fully saturated rings. The van der Waals surface area contributed by atoms with Crippen LogP contribution >= 0.6 is 0 Å². The van der Waals surface area contributed by atoms with Gasteiger partial charge in [0.2, 0.25) is 0 Å². The van der Waals surface area contributed by atoms with Crippen LogP contribution in [0, 0.1) is 0 Å². The van der Waals surface area contributed by atoms with Crippen molar-refractivity contribution in [2.24, 2.45) is 5.73 Å². The maximum absolute atomic E-state index is 9.58. The van der Waals surface area contributed by atoms with E-state index in [-0.39, 0.29) is 6.61 Å². The van der Waals surface area contributed by atoms with Crippen LogP contribution in [0.1, 0.15) is 5.56 Å². The molecule has 1 heterocycles. The second kappa shape index (κ2) is 4.93. The van der Waals surface area contributed by atoms with E-state index in [4.69, 9.17) is 10.5 Å². The molecule has 4 heteroatoms. The van der Waals surface area contributed by atoms with Gasteiger partial charge in [-0.15, -0.1) is 0 Å². The lowest BCUT2D eigenvalue weighted by Crippen LogP contribution is -2.59. The highest BCUT2D eigenvalue weighted by atomic mass is 16.5. The first-order valence-corrected chi connectivity index (χ1v) is 5.55. The lowest BCUT2D eigenvalue weighted by Gasteiger charge is -2.42. The van der Waals surface area contributed by atoms with Gasteiger partial charge in [0.15, 0.2) is 0 Å². The minimum Gasteiger partial charge on any atom is -0.393 e. The third kappa shape index (κ3) is 2.10. The Labute approximate surface area is 95.6 Å². The molecule has 1 aromatic rings. The number of rotatable bonds is 3. The summed E-state index contributed by atoms with van der Waals surface area (Å²) >= 11 is 0. The minimum absolute atomic E-state index is 0.0863. The van der Waals surface area contributed by atoms with Crippen molar-refractivity contribution in [2.45, 2.75) is 5.66 Å². The third-order valence-corrected chi connectivity index (χ3v) is 3.09. The van der Waals surface area contributed by atoms with Crippen LogP contribution in [0.4, 0.5) is 0 Å². The topological polar surface area (TPSA) is 58.7 Å². The molecule has 1 unspecified atom stereocenters. The van der Waals surface area contributed by atoms with Crippen molar-refractivity contribution < 1.29 is 9.84 Å². The highest BCUT2D eigenvalue weighted by molar-refractivity contribution is 5.23. The predicted octanol–water partition coefficient (Wildman–Crippen LogP) is 0.123. The smallest absolute Gasteiger partial charge is 0.119 e. The monoisotopic (exact) mass is 222 g/mol. The second-order valence-electron chi connectivity index (χ2n) is 4.05. The van der Waals surface area contributed by atoms with Gasteiger partial charge in [-0.1, -0.05) is 30.3 Å². The van der Waals surface area contributed by atoms with Crippen molar-refractivity contribution in [1.29, 1.82) is 0 Å². The molecular weight excluding hydrogens is 204 g/mol. The standard InChI is InChI=1S/C12H18N2O2/c13-12(10-15,11-4-2-1-3-5-11)14-6-8-16-9-7-14/h1-5,15H,6-10,13H2. The van der Waals surface area contributed by atoms with Gasteiger partial charge >= 0.3 is 0 Å². The Morgan fingerprint density at radius 1 is 1.25 bits per heavy atom. The highest BCUT2D eigenvalue weighted by Crippen LogP contribution is 2.23. The van der Waals surface area contributed by atoms with Gasteiger partial charge in [-0.3, -0.25) is 4.90 Å². The Balaban J connectivity index is 2.24. The summed E-state index contributed by atoms with van der Waals surface area (Å²) in [5, 5.41) is 9.58. The molecule has 88 valence electrons. The molecule has 0 aliphatic carbocycles. The molecule has 4 nitrogen and oxygen atoms in total. The fourth-order valence-electron chi connectivity index (χ4n) is 2.06. The molecule has 0 bridgehead atoms. The van der Waals surface area contributed by atoms with Gasteiger partial charge in [-0.25, -0.2) is 0 Å². The van der Waals surface area contributed by atoms with Gasteiger partial charge in [0, 0.05) is 13.1 Å². The van der Waals surface area contributed by atoms with Crippen molar-refractivity contribution in [1.82, 2.24) is 4.90 Å². The third-order valence-electron chi connectivity index (χ3n) is 3.09. The highest BCUT2D eigenvalue weighted by Gasteiger charge is 2.34. The van der Waals surface area contributed by atoms with E-state index >= 15 is 0 Å². The Morgan fingerprint density at radius 3 is 2.44 bits per heavy atom. The van der Waals surface area contributed by atoms with Crippen molar-refractivity contribution in [3.05, 3.63) is 35.9 Å². The van der Waals surface area contributed by atoms with Gasteiger partial charge in [0.05, 0.1) is 19.8 Å². The van der Waals surface area contributed by atoms with E-state index in [0.717, 1.165) is 18.7 Å². The van der Waals surface area contributed by atoms with Gasteiger partial charge in [-0.2, -0.15) is 0 Å². The normalized spacial score (nSPS) is 21.6. The Hall–Kier alpha value is -0.940. The SMILES string of the molecule is NC(CO)(c1ccccc1)N1CCOCC1. The number of hydrogen-bond donors (Lipinski definition) is 2. The molecule has 1 aliphatic rings. The zero-order valence-electron chi connectivity index (χ0n) is 9.30. The van der Waals surface area contributed by atoms with Crippen LogP contribution in [0.25, 0.3) is 0 Å². The Bertz CT molecular complexity index is 325. The number of benzene rings is 1. The van der Waals surface area contributed by atoms with Crippen LogP contribution in [-0.2, 0) is 10.4 Å². The van der Waals surface area contributed by atoms with E-state index in [2.05, 4.69) is 4.90 Å². The number of hydrogen-bond acceptors (Lipinski definition) is 4. The largest absolute Gasteiger partial charge is 0.393 e. The number of aliphatic hydroxyl groups is 1. The molecular formula is C12H18N2O2. The summed E-state index contributed by atoms with van der Waals surface area (Å²) in [6, 6.07) is 9.72. The van der Waals surface area contributed by atoms with E-state index < -0.39 is 5.66 Å². The van der Waals surface area contributed by atoms with E-state index in [1.54, 1.807) is 0 Å². The van der Waals surface area contributed by atoms with Gasteiger partial charge in [0.25, 0.3) is 0 Å². The van der Waals surface area contributed by atoms with Gasteiger partial charge in [0.1, 0.15) is 5.66 Å². The Morgan fingerprint density at radius 2 is 1.88 bits per heavy atom. The van der Waals surface area contributed by atoms with Gasteiger partial charge in [-0.05, 0) is 5.56 Å². The number of aliphatic hydroxyl groups excluding tert-OH is 1.